The summed E-state index contributed by atoms with van der Waals surface area (Å²) in [5.74, 6) is 1.69. The number of ketones is 2. The molecule has 0 saturated carbocycles. The van der Waals surface area contributed by atoms with E-state index in [1.807, 2.05) is 29.6 Å². The number of nitrogens with zero attached hydrogens (tertiary/aromatic N) is 4. The third-order valence-corrected chi connectivity index (χ3v) is 38.4. The second-order valence-electron chi connectivity index (χ2n) is 38.5. The molecular weight excluding hydrogens is 1960 g/mol. The summed E-state index contributed by atoms with van der Waals surface area (Å²) in [5.41, 5.74) is 11.9. The minimum absolute atomic E-state index is 0.00277. The van der Waals surface area contributed by atoms with Crippen LogP contribution in [0.25, 0.3) is 115 Å². The molecule has 11 aromatic heterocycles. The van der Waals surface area contributed by atoms with Gasteiger partial charge >= 0.3 is 0 Å². The van der Waals surface area contributed by atoms with Crippen LogP contribution in [-0.4, -0.2) is 42.3 Å². The van der Waals surface area contributed by atoms with E-state index in [2.05, 4.69) is 95.2 Å². The van der Waals surface area contributed by atoms with Crippen molar-refractivity contribution in [3.05, 3.63) is 181 Å². The lowest BCUT2D eigenvalue weighted by Gasteiger charge is -2.17. The number of rotatable bonds is 55. The van der Waals surface area contributed by atoms with Gasteiger partial charge in [-0.2, -0.15) is 17.5 Å². The number of aryl methyl sites for hydroxylation is 2. The molecule has 8 nitrogen and oxygen atoms in total. The molecule has 0 radical (unpaired) electrons. The fraction of sp³-hybridized carbons (Fsp3) is 0.500. The predicted molar refractivity (Wildman–Crippen MR) is 601 cm³/mol. The minimum atomic E-state index is -0.526. The highest BCUT2D eigenvalue weighted by atomic mass is 32.1. The Morgan fingerprint density at radius 2 is 0.650 bits per heavy atom. The third kappa shape index (κ3) is 26.8. The molecule has 0 N–H and O–H groups in total. The summed E-state index contributed by atoms with van der Waals surface area (Å²) in [7, 11) is 0. The summed E-state index contributed by atoms with van der Waals surface area (Å²) in [5, 5.41) is 7.51. The SMILES string of the molecule is CCCCC(CCCC)Cc1sccc1F.CCCCCCCCCCCCOc1c(C)c(-c2ccc(-c3cc(F)c(-c4ccc(-c5c(OCCCCCCCCCCCC)c(C)c(-c6cc7c(-c8cc(F)c(CC(CCCC)CCCC)s8)c8sc(C)cc8c(-c8cc(F)c(CC(CCCC)CCCC)s8)c7s6)c6nsnc56)s4)cc3F)s2)c2nsnc2c1C.O=C1c2ccsc2C(=O)c2ccsc21. The number of unbranched alkanes of at least 4 members (excludes halogenated alkanes) is 24. The van der Waals surface area contributed by atoms with Crippen molar-refractivity contribution in [3.63, 3.8) is 0 Å². The maximum Gasteiger partial charge on any atom is 0.205 e. The number of aromatic nitrogens is 4. The van der Waals surface area contributed by atoms with Gasteiger partial charge in [-0.05, 0) is 173 Å². The Balaban J connectivity index is 0.000000438. The van der Waals surface area contributed by atoms with Gasteiger partial charge in [0.2, 0.25) is 11.6 Å². The Labute approximate surface area is 872 Å². The molecule has 15 aromatic rings. The first-order valence-corrected chi connectivity index (χ1v) is 61.3. The van der Waals surface area contributed by atoms with E-state index in [0.29, 0.717) is 72.9 Å². The molecular formula is C116H141F5N4O4S11. The van der Waals surface area contributed by atoms with Crippen LogP contribution in [0.4, 0.5) is 22.0 Å². The summed E-state index contributed by atoms with van der Waals surface area (Å²) < 4.78 is 117. The van der Waals surface area contributed by atoms with Crippen molar-refractivity contribution in [2.24, 2.45) is 17.8 Å². The van der Waals surface area contributed by atoms with Crippen LogP contribution in [0.5, 0.6) is 11.5 Å². The average Bonchev–Trinajstić information content (AvgIpc) is 1.57. The Morgan fingerprint density at radius 3 is 1.09 bits per heavy atom. The average molecular weight is 2100 g/mol. The highest BCUT2D eigenvalue weighted by Gasteiger charge is 2.35. The molecule has 4 aromatic carbocycles. The Hall–Kier alpha value is -7.07. The van der Waals surface area contributed by atoms with Crippen LogP contribution in [0.3, 0.4) is 0 Å². The van der Waals surface area contributed by atoms with Gasteiger partial charge in [0, 0.05) is 135 Å². The van der Waals surface area contributed by atoms with Crippen LogP contribution in [0.2, 0.25) is 0 Å². The smallest absolute Gasteiger partial charge is 0.205 e. The molecule has 0 aliphatic heterocycles. The van der Waals surface area contributed by atoms with E-state index in [0.717, 1.165) is 271 Å². The normalized spacial score (nSPS) is 12.2. The molecule has 11 heterocycles. The Bertz CT molecular complexity index is 6280. The maximum atomic E-state index is 17.2. The molecule has 0 unspecified atom stereocenters. The monoisotopic (exact) mass is 2100 g/mol. The number of halogens is 5. The van der Waals surface area contributed by atoms with Gasteiger partial charge < -0.3 is 9.47 Å². The van der Waals surface area contributed by atoms with Crippen molar-refractivity contribution in [1.29, 1.82) is 0 Å². The largest absolute Gasteiger partial charge is 0.493 e. The lowest BCUT2D eigenvalue weighted by atomic mass is 9.92. The molecule has 140 heavy (non-hydrogen) atoms. The van der Waals surface area contributed by atoms with Gasteiger partial charge in [0.25, 0.3) is 0 Å². The van der Waals surface area contributed by atoms with E-state index in [9.17, 15) is 14.0 Å². The van der Waals surface area contributed by atoms with E-state index < -0.39 is 11.6 Å². The summed E-state index contributed by atoms with van der Waals surface area (Å²) in [6, 6.07) is 23.6. The molecule has 16 rings (SSSR count). The summed E-state index contributed by atoms with van der Waals surface area (Å²) in [6.45, 7) is 27.4. The van der Waals surface area contributed by atoms with Gasteiger partial charge in [-0.1, -0.05) is 287 Å². The van der Waals surface area contributed by atoms with Crippen LogP contribution in [0.1, 0.15) is 366 Å². The van der Waals surface area contributed by atoms with Gasteiger partial charge in [-0.15, -0.1) is 102 Å². The highest BCUT2D eigenvalue weighted by Crippen LogP contribution is 2.58. The first-order chi connectivity index (χ1) is 68.2. The summed E-state index contributed by atoms with van der Waals surface area (Å²) in [4.78, 5) is 34.2. The van der Waals surface area contributed by atoms with Crippen LogP contribution in [0.15, 0.2) is 95.0 Å². The van der Waals surface area contributed by atoms with Crippen LogP contribution in [0, 0.1) is 74.5 Å². The molecule has 0 fully saturated rings. The van der Waals surface area contributed by atoms with Crippen molar-refractivity contribution < 1.29 is 41.0 Å². The fourth-order valence-electron chi connectivity index (χ4n) is 20.0. The molecule has 0 spiro atoms. The van der Waals surface area contributed by atoms with E-state index in [-0.39, 0.29) is 40.1 Å². The predicted octanol–water partition coefficient (Wildman–Crippen LogP) is 41.5. The number of thiophene rings is 9. The second-order valence-corrected chi connectivity index (χ2v) is 49.1. The first-order valence-electron chi connectivity index (χ1n) is 52.3. The number of benzene rings is 4. The maximum absolute atomic E-state index is 17.2. The topological polar surface area (TPSA) is 104 Å². The van der Waals surface area contributed by atoms with Crippen LogP contribution < -0.4 is 9.47 Å². The summed E-state index contributed by atoms with van der Waals surface area (Å²) in [6.07, 6.45) is 47.7. The van der Waals surface area contributed by atoms with Crippen LogP contribution >= 0.6 is 125 Å². The second kappa shape index (κ2) is 54.4. The Kier molecular flexibility index (Phi) is 42.2. The Morgan fingerprint density at radius 1 is 0.293 bits per heavy atom. The molecule has 0 atom stereocenters. The third-order valence-electron chi connectivity index (χ3n) is 27.8. The van der Waals surface area contributed by atoms with E-state index in [1.54, 1.807) is 97.8 Å². The number of hydrogen-bond donors (Lipinski definition) is 0. The zero-order valence-corrected chi connectivity index (χ0v) is 93.2. The lowest BCUT2D eigenvalue weighted by molar-refractivity contribution is 0.0986. The minimum Gasteiger partial charge on any atom is -0.493 e. The van der Waals surface area contributed by atoms with Crippen molar-refractivity contribution in [2.75, 3.05) is 13.2 Å². The van der Waals surface area contributed by atoms with Gasteiger partial charge in [0.1, 0.15) is 62.7 Å². The number of fused-ring (bicyclic) bond motifs is 6. The quantitative estimate of drug-likeness (QED) is 0.0274. The summed E-state index contributed by atoms with van der Waals surface area (Å²) >= 11 is 16.0. The zero-order valence-electron chi connectivity index (χ0n) is 84.2. The molecule has 750 valence electrons. The molecule has 0 saturated heterocycles. The zero-order chi connectivity index (χ0) is 98.7. The van der Waals surface area contributed by atoms with Gasteiger partial charge in [0.05, 0.1) is 52.0 Å². The van der Waals surface area contributed by atoms with Gasteiger partial charge in [-0.3, -0.25) is 9.59 Å². The fourth-order valence-corrected chi connectivity index (χ4v) is 30.9. The van der Waals surface area contributed by atoms with E-state index >= 15 is 17.6 Å². The molecule has 0 bridgehead atoms. The molecule has 1 aliphatic rings. The van der Waals surface area contributed by atoms with Crippen molar-refractivity contribution in [2.45, 2.75) is 346 Å². The van der Waals surface area contributed by atoms with Crippen molar-refractivity contribution >= 4 is 179 Å². The molecule has 24 heteroatoms. The number of hydrogen-bond acceptors (Lipinski definition) is 19. The van der Waals surface area contributed by atoms with Crippen LogP contribution in [-0.2, 0) is 19.3 Å². The van der Waals surface area contributed by atoms with Gasteiger partial charge in [0.15, 0.2) is 0 Å². The number of carbonyl (C=O) groups is 2. The van der Waals surface area contributed by atoms with Crippen molar-refractivity contribution in [1.82, 2.24) is 17.5 Å². The van der Waals surface area contributed by atoms with E-state index in [1.165, 1.54) is 204 Å². The van der Waals surface area contributed by atoms with Gasteiger partial charge in [-0.25, -0.2) is 22.0 Å². The molecule has 1 aliphatic carbocycles. The number of ether oxygens (including phenoxy) is 2. The standard InChI is InChI=1S/C92H114F4N4O2S8.C14H23FS.C10H4O2S2/c1-11-17-23-25-27-29-31-33-35-37-47-101-89-58(8)80(86-85(60(89)10)97-109-98-86)73-45-43-71(104-73)63-52-68(94)64(53-67(63)93)72-44-46-74(105-72)84-88-87(99-110-100-88)81(59(9)90(84)102-48-38-36-34-32-30-28-26-24-18-12-2)77-54-66-83(79-56-70(96)76(107-79)51-62(41-21-15-5)42-22-16-6)91-65(49-57(7)103-91)82(92(66)108-77)78-55-69(95)75(106-78)50-61(39-19-13-3)40-20-14-4;1-3-5-7-12(8-6-4-2)11-14-13(15)9-10-16-14;11-7-5-1-3-13-9(5)8(12)6-2-4-14-10(6)7/h43-46,49,52-56,61-62H,11-42,47-48,50-51H2,1-10H3;9-10,12H,3-8,11H2,1-2H3;1-4H. The highest BCUT2D eigenvalue weighted by molar-refractivity contribution is 7.26. The first kappa shape index (κ1) is 109. The lowest BCUT2D eigenvalue weighted by Crippen LogP contribution is -2.15. The van der Waals surface area contributed by atoms with E-state index in [4.69, 9.17) is 27.0 Å². The van der Waals surface area contributed by atoms with Crippen molar-refractivity contribution in [3.8, 4) is 84.6 Å². The number of carbonyl (C=O) groups excluding carboxylic acids is 2. The molecule has 0 amide bonds.